The number of hydrogen-bond acceptors (Lipinski definition) is 1. The Bertz CT molecular complexity index is 2700. The molecule has 0 aromatic heterocycles. The molecule has 1 heteroatoms. The SMILES string of the molecule is CC1(C)c2ccccc2-c2ccc(N(c3ccccc3)c3ccc(-c4ccc(-c5ccc6c(c5)C(C)(C)c5ccc7ccccc7c5-6)cc4)cc3)cc21. The van der Waals surface area contributed by atoms with Crippen molar-refractivity contribution in [1.29, 1.82) is 0 Å². The van der Waals surface area contributed by atoms with Gasteiger partial charge in [-0.15, -0.1) is 0 Å². The highest BCUT2D eigenvalue weighted by Crippen LogP contribution is 2.53. The third-order valence-corrected chi connectivity index (χ3v) is 12.1. The topological polar surface area (TPSA) is 3.24 Å². The molecule has 2 aliphatic rings. The zero-order chi connectivity index (χ0) is 35.9. The first-order valence-electron chi connectivity index (χ1n) is 18.8. The summed E-state index contributed by atoms with van der Waals surface area (Å²) in [5.74, 6) is 0. The molecule has 2 aliphatic carbocycles. The molecule has 0 saturated carbocycles. The molecule has 254 valence electrons. The quantitative estimate of drug-likeness (QED) is 0.175. The predicted octanol–water partition coefficient (Wildman–Crippen LogP) is 14.3. The summed E-state index contributed by atoms with van der Waals surface area (Å²) in [4.78, 5) is 2.38. The van der Waals surface area contributed by atoms with Gasteiger partial charge in [0.2, 0.25) is 0 Å². The van der Waals surface area contributed by atoms with Gasteiger partial charge in [0.1, 0.15) is 0 Å². The van der Waals surface area contributed by atoms with Crippen molar-refractivity contribution in [2.24, 2.45) is 0 Å². The molecular weight excluding hydrogens is 639 g/mol. The first-order chi connectivity index (χ1) is 25.8. The molecule has 0 heterocycles. The van der Waals surface area contributed by atoms with Crippen molar-refractivity contribution in [3.63, 3.8) is 0 Å². The normalized spacial score (nSPS) is 14.3. The van der Waals surface area contributed by atoms with E-state index in [1.54, 1.807) is 0 Å². The van der Waals surface area contributed by atoms with Crippen LogP contribution in [0, 0.1) is 0 Å². The van der Waals surface area contributed by atoms with E-state index in [1.165, 1.54) is 83.2 Å². The molecule has 0 amide bonds. The highest BCUT2D eigenvalue weighted by Gasteiger charge is 2.37. The highest BCUT2D eigenvalue weighted by atomic mass is 15.1. The minimum atomic E-state index is -0.0593. The molecule has 0 unspecified atom stereocenters. The van der Waals surface area contributed by atoms with Crippen molar-refractivity contribution in [1.82, 2.24) is 0 Å². The zero-order valence-electron chi connectivity index (χ0n) is 30.7. The van der Waals surface area contributed by atoms with Crippen molar-refractivity contribution in [3.8, 4) is 44.5 Å². The van der Waals surface area contributed by atoms with Gasteiger partial charge in [0.15, 0.2) is 0 Å². The largest absolute Gasteiger partial charge is 0.310 e. The zero-order valence-corrected chi connectivity index (χ0v) is 30.7. The summed E-state index contributed by atoms with van der Waals surface area (Å²) in [6.07, 6.45) is 0. The van der Waals surface area contributed by atoms with Crippen LogP contribution in [0.25, 0.3) is 55.3 Å². The van der Waals surface area contributed by atoms with Gasteiger partial charge >= 0.3 is 0 Å². The smallest absolute Gasteiger partial charge is 0.0465 e. The Labute approximate surface area is 312 Å². The summed E-state index contributed by atoms with van der Waals surface area (Å²) in [5, 5.41) is 2.64. The predicted molar refractivity (Wildman–Crippen MR) is 225 cm³/mol. The van der Waals surface area contributed by atoms with Crippen LogP contribution >= 0.6 is 0 Å². The molecule has 0 spiro atoms. The van der Waals surface area contributed by atoms with Gasteiger partial charge in [-0.2, -0.15) is 0 Å². The molecule has 0 fully saturated rings. The molecule has 53 heavy (non-hydrogen) atoms. The van der Waals surface area contributed by atoms with E-state index in [2.05, 4.69) is 209 Å². The van der Waals surface area contributed by atoms with E-state index in [0.29, 0.717) is 0 Å². The molecule has 8 aromatic carbocycles. The van der Waals surface area contributed by atoms with Crippen molar-refractivity contribution in [2.45, 2.75) is 38.5 Å². The Balaban J connectivity index is 0.963. The Morgan fingerprint density at radius 1 is 0.340 bits per heavy atom. The fourth-order valence-electron chi connectivity index (χ4n) is 9.20. The summed E-state index contributed by atoms with van der Waals surface area (Å²) in [7, 11) is 0. The van der Waals surface area contributed by atoms with Crippen molar-refractivity contribution >= 4 is 27.8 Å². The van der Waals surface area contributed by atoms with Crippen LogP contribution in [0.15, 0.2) is 176 Å². The van der Waals surface area contributed by atoms with Gasteiger partial charge < -0.3 is 4.90 Å². The Morgan fingerprint density at radius 3 is 1.64 bits per heavy atom. The second-order valence-corrected chi connectivity index (χ2v) is 15.8. The summed E-state index contributed by atoms with van der Waals surface area (Å²) in [5.41, 5.74) is 19.3. The maximum Gasteiger partial charge on any atom is 0.0465 e. The second kappa shape index (κ2) is 11.7. The maximum absolute atomic E-state index is 2.42. The summed E-state index contributed by atoms with van der Waals surface area (Å²) >= 11 is 0. The van der Waals surface area contributed by atoms with Crippen LogP contribution in [0.3, 0.4) is 0 Å². The summed E-state index contributed by atoms with van der Waals surface area (Å²) in [6, 6.07) is 65.1. The molecule has 0 N–H and O–H groups in total. The van der Waals surface area contributed by atoms with Gasteiger partial charge in [0.05, 0.1) is 0 Å². The molecule has 8 aromatic rings. The number of anilines is 3. The summed E-state index contributed by atoms with van der Waals surface area (Å²) < 4.78 is 0. The molecule has 0 aliphatic heterocycles. The molecule has 10 rings (SSSR count). The number of benzene rings is 8. The van der Waals surface area contributed by atoms with E-state index in [4.69, 9.17) is 0 Å². The van der Waals surface area contributed by atoms with Gasteiger partial charge in [-0.25, -0.2) is 0 Å². The van der Waals surface area contributed by atoms with Crippen LogP contribution < -0.4 is 4.90 Å². The Kier molecular flexibility index (Phi) is 6.94. The van der Waals surface area contributed by atoms with E-state index in [0.717, 1.165) is 11.4 Å². The van der Waals surface area contributed by atoms with Gasteiger partial charge in [-0.3, -0.25) is 0 Å². The van der Waals surface area contributed by atoms with E-state index < -0.39 is 0 Å². The van der Waals surface area contributed by atoms with Crippen molar-refractivity contribution in [2.75, 3.05) is 4.90 Å². The first-order valence-corrected chi connectivity index (χ1v) is 18.8. The first kappa shape index (κ1) is 31.5. The van der Waals surface area contributed by atoms with Crippen molar-refractivity contribution in [3.05, 3.63) is 198 Å². The Hall–Kier alpha value is -6.18. The minimum absolute atomic E-state index is 0.0545. The lowest BCUT2D eigenvalue weighted by molar-refractivity contribution is 0.660. The maximum atomic E-state index is 2.42. The van der Waals surface area contributed by atoms with Gasteiger partial charge in [0.25, 0.3) is 0 Å². The van der Waals surface area contributed by atoms with Crippen LogP contribution in [-0.2, 0) is 10.8 Å². The molecule has 0 atom stereocenters. The summed E-state index contributed by atoms with van der Waals surface area (Å²) in [6.45, 7) is 9.43. The average Bonchev–Trinajstić information content (AvgIpc) is 3.58. The molecule has 1 nitrogen and oxygen atoms in total. The third kappa shape index (κ3) is 4.84. The molecule has 0 radical (unpaired) electrons. The third-order valence-electron chi connectivity index (χ3n) is 12.1. The molecule has 0 bridgehead atoms. The average molecular weight is 680 g/mol. The van der Waals surface area contributed by atoms with Crippen LogP contribution in [0.1, 0.15) is 49.9 Å². The van der Waals surface area contributed by atoms with E-state index in [-0.39, 0.29) is 10.8 Å². The fourth-order valence-corrected chi connectivity index (χ4v) is 9.20. The van der Waals surface area contributed by atoms with Gasteiger partial charge in [0, 0.05) is 27.9 Å². The van der Waals surface area contributed by atoms with Crippen LogP contribution in [0.2, 0.25) is 0 Å². The fraction of sp³-hybridized carbons (Fsp3) is 0.115. The number of fused-ring (bicyclic) bond motifs is 8. The van der Waals surface area contributed by atoms with Crippen LogP contribution in [-0.4, -0.2) is 0 Å². The van der Waals surface area contributed by atoms with Gasteiger partial charge in [-0.1, -0.05) is 161 Å². The number of rotatable bonds is 5. The lowest BCUT2D eigenvalue weighted by Gasteiger charge is -2.28. The lowest BCUT2D eigenvalue weighted by Crippen LogP contribution is -2.16. The molecular formula is C52H41N. The number of hydrogen-bond donors (Lipinski definition) is 0. The van der Waals surface area contributed by atoms with Crippen molar-refractivity contribution < 1.29 is 0 Å². The second-order valence-electron chi connectivity index (χ2n) is 15.8. The highest BCUT2D eigenvalue weighted by molar-refractivity contribution is 6.03. The minimum Gasteiger partial charge on any atom is -0.310 e. The Morgan fingerprint density at radius 2 is 0.868 bits per heavy atom. The van der Waals surface area contributed by atoms with E-state index in [1.807, 2.05) is 0 Å². The number of para-hydroxylation sites is 1. The lowest BCUT2D eigenvalue weighted by atomic mass is 9.81. The number of nitrogens with zero attached hydrogens (tertiary/aromatic N) is 1. The van der Waals surface area contributed by atoms with Gasteiger partial charge in [-0.05, 0) is 120 Å². The molecule has 0 saturated heterocycles. The van der Waals surface area contributed by atoms with E-state index in [9.17, 15) is 0 Å². The monoisotopic (exact) mass is 679 g/mol. The van der Waals surface area contributed by atoms with Crippen LogP contribution in [0.5, 0.6) is 0 Å². The standard InChI is InChI=1S/C52H41N/c1-51(2)46-17-11-10-16-43(46)44-30-28-41(33-49(44)51)53(39-13-6-5-7-14-39)40-26-22-35(23-27-40)34-18-20-36(21-19-34)38-24-29-45-48(32-38)52(3,4)47-31-25-37-12-8-9-15-42(37)50(45)47/h5-33H,1-4H3. The van der Waals surface area contributed by atoms with E-state index >= 15 is 0 Å². The van der Waals surface area contributed by atoms with Crippen LogP contribution in [0.4, 0.5) is 17.1 Å².